The lowest BCUT2D eigenvalue weighted by Crippen LogP contribution is -2.26. The van der Waals surface area contributed by atoms with Crippen LogP contribution in [-0.2, 0) is 18.3 Å². The fourth-order valence-electron chi connectivity index (χ4n) is 2.99. The van der Waals surface area contributed by atoms with Crippen LogP contribution in [0.25, 0.3) is 11.2 Å². The van der Waals surface area contributed by atoms with E-state index in [0.717, 1.165) is 42.3 Å². The smallest absolute Gasteiger partial charge is 0.158 e. The van der Waals surface area contributed by atoms with E-state index in [1.54, 1.807) is 0 Å². The lowest BCUT2D eigenvalue weighted by Gasteiger charge is -2.24. The van der Waals surface area contributed by atoms with Gasteiger partial charge >= 0.3 is 0 Å². The zero-order valence-electron chi connectivity index (χ0n) is 12.3. The fourth-order valence-corrected chi connectivity index (χ4v) is 3.16. The van der Waals surface area contributed by atoms with Crippen LogP contribution in [0.1, 0.15) is 43.1 Å². The van der Waals surface area contributed by atoms with Gasteiger partial charge in [0, 0.05) is 13.7 Å². The second-order valence-corrected chi connectivity index (χ2v) is 6.22. The Balaban J connectivity index is 2.03. The molecule has 0 aliphatic carbocycles. The topological polar surface area (TPSA) is 44.9 Å². The van der Waals surface area contributed by atoms with Crippen molar-refractivity contribution >= 4 is 22.8 Å². The molecule has 0 aromatic carbocycles. The molecule has 0 radical (unpaired) electrons. The van der Waals surface area contributed by atoms with Crippen molar-refractivity contribution in [3.05, 3.63) is 11.5 Å². The Morgan fingerprint density at radius 3 is 2.90 bits per heavy atom. The molecular weight excluding hydrogens is 276 g/mol. The number of hydrogen-bond donors (Lipinski definition) is 0. The number of rotatable bonds is 3. The Labute approximate surface area is 123 Å². The molecule has 1 aliphatic heterocycles. The van der Waals surface area contributed by atoms with Gasteiger partial charge in [-0.1, -0.05) is 0 Å². The second-order valence-electron chi connectivity index (χ2n) is 5.57. The summed E-state index contributed by atoms with van der Waals surface area (Å²) < 4.78 is 9.94. The molecule has 110 valence electrons. The summed E-state index contributed by atoms with van der Waals surface area (Å²) in [5.41, 5.74) is 2.94. The third-order valence-electron chi connectivity index (χ3n) is 3.94. The van der Waals surface area contributed by atoms with E-state index >= 15 is 0 Å². The van der Waals surface area contributed by atoms with Crippen LogP contribution in [0, 0.1) is 6.92 Å². The van der Waals surface area contributed by atoms with E-state index in [-0.39, 0.29) is 11.5 Å². The summed E-state index contributed by atoms with van der Waals surface area (Å²) in [5.74, 6) is 0.909. The van der Waals surface area contributed by atoms with Crippen LogP contribution >= 0.6 is 11.6 Å². The van der Waals surface area contributed by atoms with E-state index in [0.29, 0.717) is 0 Å². The first-order valence-electron chi connectivity index (χ1n) is 7.23. The quantitative estimate of drug-likeness (QED) is 0.818. The number of aryl methyl sites for hydroxylation is 2. The molecule has 0 bridgehead atoms. The Morgan fingerprint density at radius 2 is 2.25 bits per heavy atom. The maximum absolute atomic E-state index is 6.31. The summed E-state index contributed by atoms with van der Waals surface area (Å²) in [6.07, 6.45) is 3.76. The second kappa shape index (κ2) is 5.37. The van der Waals surface area contributed by atoms with Gasteiger partial charge in [0.2, 0.25) is 0 Å². The minimum Gasteiger partial charge on any atom is -0.376 e. The van der Waals surface area contributed by atoms with Gasteiger partial charge in [0.1, 0.15) is 11.3 Å². The molecule has 2 aromatic rings. The van der Waals surface area contributed by atoms with Crippen molar-refractivity contribution in [2.75, 3.05) is 6.61 Å². The molecule has 0 N–H and O–H groups in total. The van der Waals surface area contributed by atoms with E-state index in [9.17, 15) is 0 Å². The summed E-state index contributed by atoms with van der Waals surface area (Å²) in [6, 6.07) is 0. The molecule has 1 saturated heterocycles. The summed E-state index contributed by atoms with van der Waals surface area (Å²) in [5, 5.41) is 4.33. The first-order chi connectivity index (χ1) is 9.58. The zero-order valence-corrected chi connectivity index (χ0v) is 13.0. The molecule has 3 heterocycles. The average Bonchev–Trinajstić information content (AvgIpc) is 2.91. The number of ether oxygens (including phenoxy) is 1. The van der Waals surface area contributed by atoms with Crippen LogP contribution in [0.5, 0.6) is 0 Å². The standard InChI is InChI=1S/C14H21ClN4O/c1-9(15)13-16-12-10(2)17-18(3)14(12)19(13)8-11-6-4-5-7-20-11/h9,11H,4-8H2,1-3H3. The van der Waals surface area contributed by atoms with Gasteiger partial charge in [0.15, 0.2) is 5.65 Å². The van der Waals surface area contributed by atoms with Crippen LogP contribution in [0.3, 0.4) is 0 Å². The highest BCUT2D eigenvalue weighted by Gasteiger charge is 2.23. The van der Waals surface area contributed by atoms with Crippen LogP contribution in [0.4, 0.5) is 0 Å². The molecule has 3 rings (SSSR count). The van der Waals surface area contributed by atoms with Crippen molar-refractivity contribution in [2.24, 2.45) is 7.05 Å². The predicted octanol–water partition coefficient (Wildman–Crippen LogP) is 2.95. The molecule has 2 atom stereocenters. The Hall–Kier alpha value is -1.07. The molecule has 5 nitrogen and oxygen atoms in total. The summed E-state index contributed by atoms with van der Waals surface area (Å²) >= 11 is 6.31. The maximum atomic E-state index is 6.31. The van der Waals surface area contributed by atoms with E-state index < -0.39 is 0 Å². The molecule has 0 spiro atoms. The third kappa shape index (κ3) is 2.33. The van der Waals surface area contributed by atoms with Gasteiger partial charge in [-0.25, -0.2) is 4.98 Å². The summed E-state index contributed by atoms with van der Waals surface area (Å²) in [7, 11) is 1.96. The van der Waals surface area contributed by atoms with E-state index in [1.807, 2.05) is 25.6 Å². The van der Waals surface area contributed by atoms with Gasteiger partial charge in [-0.15, -0.1) is 11.6 Å². The Kier molecular flexibility index (Phi) is 3.73. The molecule has 2 unspecified atom stereocenters. The number of alkyl halides is 1. The number of imidazole rings is 1. The largest absolute Gasteiger partial charge is 0.376 e. The minimum absolute atomic E-state index is 0.120. The first-order valence-corrected chi connectivity index (χ1v) is 7.67. The third-order valence-corrected chi connectivity index (χ3v) is 4.13. The van der Waals surface area contributed by atoms with E-state index in [4.69, 9.17) is 21.3 Å². The number of hydrogen-bond acceptors (Lipinski definition) is 3. The average molecular weight is 297 g/mol. The monoisotopic (exact) mass is 296 g/mol. The van der Waals surface area contributed by atoms with Crippen LogP contribution in [-0.4, -0.2) is 32.0 Å². The molecule has 0 saturated carbocycles. The molecule has 0 amide bonds. The summed E-state index contributed by atoms with van der Waals surface area (Å²) in [6.45, 7) is 5.61. The molecular formula is C14H21ClN4O. The van der Waals surface area contributed by atoms with Crippen molar-refractivity contribution in [3.8, 4) is 0 Å². The maximum Gasteiger partial charge on any atom is 0.158 e. The lowest BCUT2D eigenvalue weighted by molar-refractivity contribution is 0.00602. The Bertz CT molecular complexity index is 610. The fraction of sp³-hybridized carbons (Fsp3) is 0.714. The van der Waals surface area contributed by atoms with Crippen molar-refractivity contribution < 1.29 is 4.74 Å². The molecule has 2 aromatic heterocycles. The lowest BCUT2D eigenvalue weighted by atomic mass is 10.1. The molecule has 6 heteroatoms. The van der Waals surface area contributed by atoms with Gasteiger partial charge in [-0.05, 0) is 33.1 Å². The van der Waals surface area contributed by atoms with Gasteiger partial charge < -0.3 is 9.30 Å². The minimum atomic E-state index is -0.120. The van der Waals surface area contributed by atoms with Crippen molar-refractivity contribution in [1.29, 1.82) is 0 Å². The highest BCUT2D eigenvalue weighted by Crippen LogP contribution is 2.27. The van der Waals surface area contributed by atoms with Crippen molar-refractivity contribution in [1.82, 2.24) is 19.3 Å². The van der Waals surface area contributed by atoms with Crippen molar-refractivity contribution in [3.63, 3.8) is 0 Å². The SMILES string of the molecule is Cc1nn(C)c2c1nc(C(C)Cl)n2CC1CCCCO1. The molecule has 1 fully saturated rings. The normalized spacial score (nSPS) is 21.5. The first kappa shape index (κ1) is 13.9. The molecule has 1 aliphatic rings. The van der Waals surface area contributed by atoms with Gasteiger partial charge in [0.05, 0.1) is 23.7 Å². The number of nitrogens with zero attached hydrogens (tertiary/aromatic N) is 4. The number of aromatic nitrogens is 4. The number of fused-ring (bicyclic) bond motifs is 1. The predicted molar refractivity (Wildman–Crippen MR) is 79.1 cm³/mol. The Morgan fingerprint density at radius 1 is 1.45 bits per heavy atom. The highest BCUT2D eigenvalue weighted by atomic mass is 35.5. The van der Waals surface area contributed by atoms with Crippen molar-refractivity contribution in [2.45, 2.75) is 51.1 Å². The van der Waals surface area contributed by atoms with E-state index in [2.05, 4.69) is 9.67 Å². The van der Waals surface area contributed by atoms with Gasteiger partial charge in [-0.3, -0.25) is 4.68 Å². The number of halogens is 1. The molecule has 20 heavy (non-hydrogen) atoms. The van der Waals surface area contributed by atoms with Crippen LogP contribution < -0.4 is 0 Å². The summed E-state index contributed by atoms with van der Waals surface area (Å²) in [4.78, 5) is 4.69. The van der Waals surface area contributed by atoms with Gasteiger partial charge in [-0.2, -0.15) is 5.10 Å². The van der Waals surface area contributed by atoms with Gasteiger partial charge in [0.25, 0.3) is 0 Å². The van der Waals surface area contributed by atoms with Crippen LogP contribution in [0.2, 0.25) is 0 Å². The van der Waals surface area contributed by atoms with Crippen LogP contribution in [0.15, 0.2) is 0 Å². The highest BCUT2D eigenvalue weighted by molar-refractivity contribution is 6.20. The van der Waals surface area contributed by atoms with E-state index in [1.165, 1.54) is 12.8 Å². The zero-order chi connectivity index (χ0) is 14.3.